The molecule has 11 heavy (non-hydrogen) atoms. The number of likely N-dealkylation sites (N-methyl/N-ethyl adjacent to an activating group) is 1. The maximum absolute atomic E-state index is 11.4. The lowest BCUT2D eigenvalue weighted by molar-refractivity contribution is -0.114. The molecule has 0 aliphatic carbocycles. The monoisotopic (exact) mass is 173 g/mol. The van der Waals surface area contributed by atoms with Gasteiger partial charge in [0.15, 0.2) is 0 Å². The summed E-state index contributed by atoms with van der Waals surface area (Å²) in [5, 5.41) is 0.354. The van der Waals surface area contributed by atoms with Gasteiger partial charge in [0.2, 0.25) is 5.12 Å². The van der Waals surface area contributed by atoms with Gasteiger partial charge in [-0.05, 0) is 32.2 Å². The average molecular weight is 173 g/mol. The molecule has 0 unspecified atom stereocenters. The first-order valence-corrected chi connectivity index (χ1v) is 5.11. The van der Waals surface area contributed by atoms with Gasteiger partial charge in [-0.1, -0.05) is 18.7 Å². The average Bonchev–Trinajstić information content (AvgIpc) is 2.36. The van der Waals surface area contributed by atoms with Gasteiger partial charge < -0.3 is 0 Å². The van der Waals surface area contributed by atoms with Gasteiger partial charge in [0.25, 0.3) is 0 Å². The molecule has 1 saturated heterocycles. The minimum absolute atomic E-state index is 0.208. The first-order valence-electron chi connectivity index (χ1n) is 4.12. The van der Waals surface area contributed by atoms with Gasteiger partial charge >= 0.3 is 0 Å². The third-order valence-electron chi connectivity index (χ3n) is 2.08. The van der Waals surface area contributed by atoms with Crippen LogP contribution in [-0.2, 0) is 4.79 Å². The fourth-order valence-electron chi connectivity index (χ4n) is 1.45. The molecule has 1 rings (SSSR count). The maximum Gasteiger partial charge on any atom is 0.206 e. The van der Waals surface area contributed by atoms with E-state index in [-0.39, 0.29) is 6.04 Å². The predicted molar refractivity (Wildman–Crippen MR) is 48.8 cm³/mol. The van der Waals surface area contributed by atoms with Crippen LogP contribution in [0.25, 0.3) is 0 Å². The highest BCUT2D eigenvalue weighted by molar-refractivity contribution is 8.13. The summed E-state index contributed by atoms with van der Waals surface area (Å²) in [6.45, 7) is 3.11. The molecular weight excluding hydrogens is 158 g/mol. The van der Waals surface area contributed by atoms with Crippen molar-refractivity contribution in [2.24, 2.45) is 0 Å². The Labute approximate surface area is 72.3 Å². The normalized spacial score (nSPS) is 25.8. The van der Waals surface area contributed by atoms with Crippen LogP contribution in [0, 0.1) is 0 Å². The molecule has 0 spiro atoms. The summed E-state index contributed by atoms with van der Waals surface area (Å²) in [6.07, 6.45) is 2.24. The van der Waals surface area contributed by atoms with E-state index in [1.807, 2.05) is 14.0 Å². The van der Waals surface area contributed by atoms with Crippen molar-refractivity contribution in [1.82, 2.24) is 4.90 Å². The predicted octanol–water partition coefficient (Wildman–Crippen LogP) is 1.36. The fraction of sp³-hybridized carbons (Fsp3) is 0.875. The minimum Gasteiger partial charge on any atom is -0.296 e. The van der Waals surface area contributed by atoms with Crippen LogP contribution >= 0.6 is 11.8 Å². The Balaban J connectivity index is 2.39. The van der Waals surface area contributed by atoms with Gasteiger partial charge in [0.1, 0.15) is 0 Å². The molecule has 0 aromatic rings. The number of likely N-dealkylation sites (tertiary alicyclic amines) is 1. The highest BCUT2D eigenvalue weighted by Gasteiger charge is 2.27. The summed E-state index contributed by atoms with van der Waals surface area (Å²) in [5.41, 5.74) is 0. The second-order valence-electron chi connectivity index (χ2n) is 2.89. The largest absolute Gasteiger partial charge is 0.296 e. The first-order chi connectivity index (χ1) is 5.25. The van der Waals surface area contributed by atoms with E-state index in [2.05, 4.69) is 4.90 Å². The van der Waals surface area contributed by atoms with Crippen LogP contribution in [0.1, 0.15) is 19.8 Å². The summed E-state index contributed by atoms with van der Waals surface area (Å²) >= 11 is 1.45. The Morgan fingerprint density at radius 2 is 2.45 bits per heavy atom. The van der Waals surface area contributed by atoms with Crippen molar-refractivity contribution >= 4 is 16.9 Å². The fourth-order valence-corrected chi connectivity index (χ4v) is 2.22. The molecule has 0 N–H and O–H groups in total. The van der Waals surface area contributed by atoms with Crippen LogP contribution in [0.3, 0.4) is 0 Å². The van der Waals surface area contributed by atoms with Gasteiger partial charge in [-0.15, -0.1) is 0 Å². The first kappa shape index (κ1) is 9.07. The van der Waals surface area contributed by atoms with E-state index in [0.717, 1.165) is 18.7 Å². The van der Waals surface area contributed by atoms with Gasteiger partial charge in [-0.3, -0.25) is 9.69 Å². The van der Waals surface area contributed by atoms with Crippen LogP contribution < -0.4 is 0 Å². The number of rotatable bonds is 2. The molecule has 2 nitrogen and oxygen atoms in total. The van der Waals surface area contributed by atoms with E-state index in [0.29, 0.717) is 5.12 Å². The number of nitrogens with zero attached hydrogens (tertiary/aromatic N) is 1. The summed E-state index contributed by atoms with van der Waals surface area (Å²) in [4.78, 5) is 13.5. The number of hydrogen-bond donors (Lipinski definition) is 0. The van der Waals surface area contributed by atoms with Crippen molar-refractivity contribution < 1.29 is 4.79 Å². The van der Waals surface area contributed by atoms with Crippen LogP contribution in [0.5, 0.6) is 0 Å². The lowest BCUT2D eigenvalue weighted by atomic mass is 10.2. The Kier molecular flexibility index (Phi) is 3.40. The van der Waals surface area contributed by atoms with E-state index in [9.17, 15) is 4.79 Å². The molecular formula is C8H15NOS. The maximum atomic E-state index is 11.4. The lowest BCUT2D eigenvalue weighted by Gasteiger charge is -2.16. The molecule has 0 aromatic carbocycles. The molecule has 0 bridgehead atoms. The summed E-state index contributed by atoms with van der Waals surface area (Å²) in [6, 6.07) is 0.208. The summed E-state index contributed by atoms with van der Waals surface area (Å²) in [7, 11) is 2.03. The van der Waals surface area contributed by atoms with Crippen molar-refractivity contribution in [3.63, 3.8) is 0 Å². The minimum atomic E-state index is 0.208. The van der Waals surface area contributed by atoms with Crippen LogP contribution in [-0.4, -0.2) is 35.4 Å². The molecule has 1 heterocycles. The molecule has 1 atom stereocenters. The SMILES string of the molecule is CCSC(=O)[C@@H]1CCCN1C. The highest BCUT2D eigenvalue weighted by atomic mass is 32.2. The standard InChI is InChI=1S/C8H15NOS/c1-3-11-8(10)7-5-4-6-9(7)2/h7H,3-6H2,1-2H3/t7-/m0/s1. The second-order valence-corrected chi connectivity index (χ2v) is 4.16. The van der Waals surface area contributed by atoms with Gasteiger partial charge in [-0.25, -0.2) is 0 Å². The van der Waals surface area contributed by atoms with Crippen LogP contribution in [0.4, 0.5) is 0 Å². The van der Waals surface area contributed by atoms with Gasteiger partial charge in [0, 0.05) is 0 Å². The molecule has 0 aromatic heterocycles. The molecule has 64 valence electrons. The topological polar surface area (TPSA) is 20.3 Å². The van der Waals surface area contributed by atoms with E-state index < -0.39 is 0 Å². The number of hydrogen-bond acceptors (Lipinski definition) is 3. The molecule has 0 amide bonds. The molecule has 1 aliphatic heterocycles. The Morgan fingerprint density at radius 3 is 2.91 bits per heavy atom. The van der Waals surface area contributed by atoms with Crippen molar-refractivity contribution in [1.29, 1.82) is 0 Å². The van der Waals surface area contributed by atoms with E-state index in [1.54, 1.807) is 0 Å². The molecule has 0 saturated carbocycles. The summed E-state index contributed by atoms with van der Waals surface area (Å²) < 4.78 is 0. The van der Waals surface area contributed by atoms with Crippen LogP contribution in [0.15, 0.2) is 0 Å². The summed E-state index contributed by atoms with van der Waals surface area (Å²) in [5.74, 6) is 0.906. The molecule has 1 fully saturated rings. The Morgan fingerprint density at radius 1 is 1.73 bits per heavy atom. The van der Waals surface area contributed by atoms with E-state index >= 15 is 0 Å². The highest BCUT2D eigenvalue weighted by Crippen LogP contribution is 2.20. The van der Waals surface area contributed by atoms with Crippen molar-refractivity contribution in [3.8, 4) is 0 Å². The number of carbonyl (C=O) groups excluding carboxylic acids is 1. The Bertz CT molecular complexity index is 149. The third kappa shape index (κ3) is 2.20. The molecule has 1 aliphatic rings. The quantitative estimate of drug-likeness (QED) is 0.629. The third-order valence-corrected chi connectivity index (χ3v) is 2.92. The lowest BCUT2D eigenvalue weighted by Crippen LogP contribution is -2.31. The van der Waals surface area contributed by atoms with E-state index in [1.165, 1.54) is 18.2 Å². The number of thioether (sulfide) groups is 1. The Hall–Kier alpha value is -0.0200. The van der Waals surface area contributed by atoms with Crippen molar-refractivity contribution in [2.75, 3.05) is 19.3 Å². The zero-order chi connectivity index (χ0) is 8.27. The smallest absolute Gasteiger partial charge is 0.206 e. The number of carbonyl (C=O) groups is 1. The zero-order valence-corrected chi connectivity index (χ0v) is 7.99. The van der Waals surface area contributed by atoms with E-state index in [4.69, 9.17) is 0 Å². The van der Waals surface area contributed by atoms with Crippen molar-refractivity contribution in [2.45, 2.75) is 25.8 Å². The molecule has 0 radical (unpaired) electrons. The van der Waals surface area contributed by atoms with Gasteiger partial charge in [0.05, 0.1) is 6.04 Å². The van der Waals surface area contributed by atoms with Gasteiger partial charge in [-0.2, -0.15) is 0 Å². The van der Waals surface area contributed by atoms with Crippen molar-refractivity contribution in [3.05, 3.63) is 0 Å². The second kappa shape index (κ2) is 4.12. The zero-order valence-electron chi connectivity index (χ0n) is 7.17. The molecule has 3 heteroatoms. The van der Waals surface area contributed by atoms with Crippen LogP contribution in [0.2, 0.25) is 0 Å².